The fraction of sp³-hybridized carbons (Fsp3) is 0.545. The van der Waals surface area contributed by atoms with Crippen LogP contribution in [-0.2, 0) is 16.0 Å². The molecule has 6 nitrogen and oxygen atoms in total. The summed E-state index contributed by atoms with van der Waals surface area (Å²) >= 11 is 0. The second-order valence-corrected chi connectivity index (χ2v) is 4.30. The molecule has 1 aromatic rings. The summed E-state index contributed by atoms with van der Waals surface area (Å²) in [6, 6.07) is 1.78. The van der Waals surface area contributed by atoms with E-state index in [2.05, 4.69) is 22.4 Å². The van der Waals surface area contributed by atoms with E-state index in [0.29, 0.717) is 12.2 Å². The molecule has 1 aromatic heterocycles. The lowest BCUT2D eigenvalue weighted by atomic mass is 10.2. The highest BCUT2D eigenvalue weighted by Gasteiger charge is 2.48. The van der Waals surface area contributed by atoms with Crippen molar-refractivity contribution in [2.75, 3.05) is 5.32 Å². The number of rotatable bonds is 5. The first kappa shape index (κ1) is 11.6. The van der Waals surface area contributed by atoms with Crippen molar-refractivity contribution in [3.8, 4) is 0 Å². The normalized spacial score (nSPS) is 22.2. The van der Waals surface area contributed by atoms with E-state index in [1.165, 1.54) is 0 Å². The fourth-order valence-electron chi connectivity index (χ4n) is 1.80. The molecule has 0 saturated heterocycles. The van der Waals surface area contributed by atoms with E-state index in [0.717, 1.165) is 18.5 Å². The molecular weight excluding hydrogens is 222 g/mol. The Labute approximate surface area is 98.4 Å². The average Bonchev–Trinajstić information content (AvgIpc) is 2.97. The van der Waals surface area contributed by atoms with Gasteiger partial charge in [-0.05, 0) is 12.8 Å². The predicted octanol–water partition coefficient (Wildman–Crippen LogP) is 1.02. The molecule has 0 bridgehead atoms. The number of carboxylic acids is 1. The van der Waals surface area contributed by atoms with Gasteiger partial charge in [-0.1, -0.05) is 13.3 Å². The SMILES string of the molecule is CCCc1cc(NC(=O)[C@@H]2C[C@@H]2C(=O)O)n[nH]1. The number of carboxylic acid groups (broad SMARTS) is 1. The van der Waals surface area contributed by atoms with Crippen LogP contribution in [0.1, 0.15) is 25.5 Å². The molecule has 0 radical (unpaired) electrons. The van der Waals surface area contributed by atoms with Crippen LogP contribution in [-0.4, -0.2) is 27.2 Å². The van der Waals surface area contributed by atoms with Gasteiger partial charge in [-0.2, -0.15) is 5.10 Å². The standard InChI is InChI=1S/C11H15N3O3/c1-2-3-6-4-9(14-13-6)12-10(15)7-5-8(7)11(16)17/h4,7-8H,2-3,5H2,1H3,(H,16,17)(H2,12,13,14,15)/t7-,8+/m1/s1. The van der Waals surface area contributed by atoms with E-state index in [4.69, 9.17) is 5.11 Å². The first-order valence-electron chi connectivity index (χ1n) is 5.69. The van der Waals surface area contributed by atoms with Gasteiger partial charge in [0, 0.05) is 11.8 Å². The Balaban J connectivity index is 1.88. The molecule has 2 atom stereocenters. The van der Waals surface area contributed by atoms with Crippen LogP contribution in [0.5, 0.6) is 0 Å². The number of hydrogen-bond acceptors (Lipinski definition) is 3. The van der Waals surface area contributed by atoms with E-state index in [1.807, 2.05) is 0 Å². The third kappa shape index (κ3) is 2.64. The van der Waals surface area contributed by atoms with Crippen LogP contribution >= 0.6 is 0 Å². The highest BCUT2D eigenvalue weighted by molar-refractivity contribution is 5.97. The van der Waals surface area contributed by atoms with Crippen LogP contribution in [0.15, 0.2) is 6.07 Å². The Hall–Kier alpha value is -1.85. The minimum Gasteiger partial charge on any atom is -0.481 e. The number of aliphatic carboxylic acids is 1. The van der Waals surface area contributed by atoms with Crippen molar-refractivity contribution in [2.24, 2.45) is 11.8 Å². The van der Waals surface area contributed by atoms with Gasteiger partial charge in [0.2, 0.25) is 5.91 Å². The lowest BCUT2D eigenvalue weighted by Crippen LogP contribution is -2.16. The molecule has 3 N–H and O–H groups in total. The average molecular weight is 237 g/mol. The van der Waals surface area contributed by atoms with Crippen molar-refractivity contribution in [1.29, 1.82) is 0 Å². The zero-order valence-corrected chi connectivity index (χ0v) is 9.56. The Bertz CT molecular complexity index is 441. The summed E-state index contributed by atoms with van der Waals surface area (Å²) in [6.45, 7) is 2.06. The number of anilines is 1. The number of amides is 1. The molecule has 17 heavy (non-hydrogen) atoms. The smallest absolute Gasteiger partial charge is 0.307 e. The van der Waals surface area contributed by atoms with E-state index < -0.39 is 17.8 Å². The van der Waals surface area contributed by atoms with Crippen molar-refractivity contribution in [2.45, 2.75) is 26.2 Å². The zero-order valence-electron chi connectivity index (χ0n) is 9.56. The number of aromatic nitrogens is 2. The Morgan fingerprint density at radius 3 is 2.94 bits per heavy atom. The molecule has 1 saturated carbocycles. The molecule has 1 aliphatic rings. The molecule has 2 rings (SSSR count). The second kappa shape index (κ2) is 4.57. The Kier molecular flexibility index (Phi) is 3.12. The number of hydrogen-bond donors (Lipinski definition) is 3. The Morgan fingerprint density at radius 1 is 1.59 bits per heavy atom. The van der Waals surface area contributed by atoms with Gasteiger partial charge in [0.25, 0.3) is 0 Å². The number of carbonyl (C=O) groups is 2. The van der Waals surface area contributed by atoms with Crippen molar-refractivity contribution < 1.29 is 14.7 Å². The fourth-order valence-corrected chi connectivity index (χ4v) is 1.80. The van der Waals surface area contributed by atoms with E-state index in [1.54, 1.807) is 6.07 Å². The van der Waals surface area contributed by atoms with Gasteiger partial charge in [-0.25, -0.2) is 0 Å². The van der Waals surface area contributed by atoms with Crippen molar-refractivity contribution in [1.82, 2.24) is 10.2 Å². The van der Waals surface area contributed by atoms with Crippen LogP contribution in [0.3, 0.4) is 0 Å². The largest absolute Gasteiger partial charge is 0.481 e. The molecule has 1 aliphatic carbocycles. The van der Waals surface area contributed by atoms with Crippen molar-refractivity contribution in [3.63, 3.8) is 0 Å². The minimum atomic E-state index is -0.904. The number of nitrogens with one attached hydrogen (secondary N) is 2. The quantitative estimate of drug-likeness (QED) is 0.712. The highest BCUT2D eigenvalue weighted by Crippen LogP contribution is 2.39. The second-order valence-electron chi connectivity index (χ2n) is 4.30. The zero-order chi connectivity index (χ0) is 12.4. The molecule has 1 amide bonds. The predicted molar refractivity (Wildman–Crippen MR) is 60.4 cm³/mol. The van der Waals surface area contributed by atoms with Gasteiger partial charge in [-0.15, -0.1) is 0 Å². The summed E-state index contributed by atoms with van der Waals surface area (Å²) in [6.07, 6.45) is 2.30. The van der Waals surface area contributed by atoms with Gasteiger partial charge < -0.3 is 10.4 Å². The van der Waals surface area contributed by atoms with E-state index >= 15 is 0 Å². The summed E-state index contributed by atoms with van der Waals surface area (Å²) < 4.78 is 0. The van der Waals surface area contributed by atoms with Gasteiger partial charge in [0.1, 0.15) is 0 Å². The van der Waals surface area contributed by atoms with Gasteiger partial charge >= 0.3 is 5.97 Å². The topological polar surface area (TPSA) is 95.1 Å². The van der Waals surface area contributed by atoms with Gasteiger partial charge in [0.05, 0.1) is 11.8 Å². The number of nitrogens with zero attached hydrogens (tertiary/aromatic N) is 1. The molecule has 92 valence electrons. The molecule has 1 fully saturated rings. The van der Waals surface area contributed by atoms with Crippen molar-refractivity contribution in [3.05, 3.63) is 11.8 Å². The molecule has 0 spiro atoms. The molecule has 0 aromatic carbocycles. The number of carbonyl (C=O) groups excluding carboxylic acids is 1. The lowest BCUT2D eigenvalue weighted by molar-refractivity contribution is -0.139. The summed E-state index contributed by atoms with van der Waals surface area (Å²) in [5, 5.41) is 18.1. The van der Waals surface area contributed by atoms with Crippen LogP contribution in [0.4, 0.5) is 5.82 Å². The maximum atomic E-state index is 11.6. The lowest BCUT2D eigenvalue weighted by Gasteiger charge is -1.98. The van der Waals surface area contributed by atoms with Crippen LogP contribution in [0.25, 0.3) is 0 Å². The third-order valence-corrected chi connectivity index (χ3v) is 2.85. The molecule has 0 aliphatic heterocycles. The maximum Gasteiger partial charge on any atom is 0.307 e. The number of H-pyrrole nitrogens is 1. The summed E-state index contributed by atoms with van der Waals surface area (Å²) in [5.74, 6) is -1.62. The monoisotopic (exact) mass is 237 g/mol. The van der Waals surface area contributed by atoms with E-state index in [9.17, 15) is 9.59 Å². The minimum absolute atomic E-state index is 0.257. The maximum absolute atomic E-state index is 11.6. The van der Waals surface area contributed by atoms with Gasteiger partial charge in [0.15, 0.2) is 5.82 Å². The van der Waals surface area contributed by atoms with Crippen LogP contribution in [0, 0.1) is 11.8 Å². The van der Waals surface area contributed by atoms with Crippen molar-refractivity contribution >= 4 is 17.7 Å². The van der Waals surface area contributed by atoms with Crippen LogP contribution in [0.2, 0.25) is 0 Å². The number of aromatic amines is 1. The molecule has 6 heteroatoms. The molecule has 0 unspecified atom stereocenters. The third-order valence-electron chi connectivity index (χ3n) is 2.85. The molecular formula is C11H15N3O3. The first-order valence-corrected chi connectivity index (χ1v) is 5.69. The van der Waals surface area contributed by atoms with Crippen LogP contribution < -0.4 is 5.32 Å². The highest BCUT2D eigenvalue weighted by atomic mass is 16.4. The molecule has 1 heterocycles. The van der Waals surface area contributed by atoms with Gasteiger partial charge in [-0.3, -0.25) is 14.7 Å². The summed E-state index contributed by atoms with van der Waals surface area (Å²) in [7, 11) is 0. The first-order chi connectivity index (χ1) is 8.11. The van der Waals surface area contributed by atoms with E-state index in [-0.39, 0.29) is 5.91 Å². The Morgan fingerprint density at radius 2 is 2.35 bits per heavy atom. The summed E-state index contributed by atoms with van der Waals surface area (Å²) in [5.41, 5.74) is 0.966. The summed E-state index contributed by atoms with van der Waals surface area (Å²) in [4.78, 5) is 22.2. The number of aryl methyl sites for hydroxylation is 1.